The molecule has 0 saturated heterocycles. The second-order valence-corrected chi connectivity index (χ2v) is 12.2. The summed E-state index contributed by atoms with van der Waals surface area (Å²) >= 11 is 0. The van der Waals surface area contributed by atoms with Gasteiger partial charge in [0.25, 0.3) is 5.52 Å². The molecule has 0 bridgehead atoms. The first kappa shape index (κ1) is 31.0. The maximum atomic E-state index is 12.1. The summed E-state index contributed by atoms with van der Waals surface area (Å²) in [5.74, 6) is 0. The zero-order chi connectivity index (χ0) is 18.1. The molecule has 0 saturated carbocycles. The van der Waals surface area contributed by atoms with Gasteiger partial charge in [-0.15, -0.1) is 17.0 Å². The van der Waals surface area contributed by atoms with Gasteiger partial charge in [-0.05, 0) is 39.0 Å². The van der Waals surface area contributed by atoms with E-state index in [4.69, 9.17) is 0 Å². The van der Waals surface area contributed by atoms with E-state index < -0.39 is 7.26 Å². The van der Waals surface area contributed by atoms with E-state index in [9.17, 15) is 4.79 Å². The molecule has 0 unspecified atom stereocenters. The van der Waals surface area contributed by atoms with Crippen molar-refractivity contribution >= 4 is 29.8 Å². The fraction of sp³-hybridized carbons (Fsp3) is 0.864. The molecule has 0 heterocycles. The Bertz CT molecular complexity index is 332. The number of rotatable bonds is 17. The van der Waals surface area contributed by atoms with Gasteiger partial charge in [0.05, 0.1) is 26.8 Å². The molecule has 0 aliphatic heterocycles. The lowest BCUT2D eigenvalue weighted by Gasteiger charge is -2.12. The molecule has 158 valence electrons. The Morgan fingerprint density at radius 3 is 1.62 bits per heavy atom. The van der Waals surface area contributed by atoms with Crippen LogP contribution < -0.4 is 6.15 Å². The highest BCUT2D eigenvalue weighted by atomic mass is 79.9. The maximum absolute atomic E-state index is 12.1. The number of carbonyl (C=O) groups is 1. The minimum absolute atomic E-state index is 0. The Labute approximate surface area is 176 Å². The minimum Gasteiger partial charge on any atom is -0.344 e. The summed E-state index contributed by atoms with van der Waals surface area (Å²) in [7, 11) is -1.25. The number of unbranched alkanes of at least 4 members (excludes halogenated alkanes) is 11. The fourth-order valence-corrected chi connectivity index (χ4v) is 3.94. The van der Waals surface area contributed by atoms with E-state index in [2.05, 4.69) is 39.3 Å². The second-order valence-electron chi connectivity index (χ2n) is 7.73. The number of halogens is 1. The number of hydrogen-bond donors (Lipinski definition) is 1. The van der Waals surface area contributed by atoms with Crippen LogP contribution in [0.5, 0.6) is 0 Å². The molecule has 4 heteroatoms. The summed E-state index contributed by atoms with van der Waals surface area (Å²) in [6, 6.07) is 0. The molecular formula is C22H48BrNOP+. The molecular weight excluding hydrogens is 405 g/mol. The van der Waals surface area contributed by atoms with E-state index in [0.29, 0.717) is 5.52 Å². The topological polar surface area (TPSA) is 52.1 Å². The highest BCUT2D eigenvalue weighted by molar-refractivity contribution is 8.93. The SMILES string of the molecule is Br.CCCCCCCC/C=C\CCCCCCCC(=O)[P+](C)(C)CC.N. The third-order valence-corrected chi connectivity index (χ3v) is 8.27. The van der Waals surface area contributed by atoms with Crippen LogP contribution in [0.15, 0.2) is 12.2 Å². The third-order valence-electron chi connectivity index (χ3n) is 5.12. The minimum atomic E-state index is -1.25. The highest BCUT2D eigenvalue weighted by Gasteiger charge is 2.31. The Morgan fingerprint density at radius 1 is 0.731 bits per heavy atom. The van der Waals surface area contributed by atoms with Crippen LogP contribution in [-0.2, 0) is 4.79 Å². The molecule has 0 aliphatic carbocycles. The molecule has 0 aromatic rings. The lowest BCUT2D eigenvalue weighted by molar-refractivity contribution is -0.111. The summed E-state index contributed by atoms with van der Waals surface area (Å²) in [5, 5.41) is 0. The van der Waals surface area contributed by atoms with Gasteiger partial charge in [0.2, 0.25) is 0 Å². The molecule has 0 aliphatic rings. The lowest BCUT2D eigenvalue weighted by Crippen LogP contribution is -2.06. The van der Waals surface area contributed by atoms with Crippen LogP contribution in [0, 0.1) is 0 Å². The Balaban J connectivity index is -0.00000264. The lowest BCUT2D eigenvalue weighted by atomic mass is 10.1. The predicted octanol–water partition coefficient (Wildman–Crippen LogP) is 8.59. The molecule has 0 aromatic carbocycles. The van der Waals surface area contributed by atoms with Crippen molar-refractivity contribution in [3.05, 3.63) is 12.2 Å². The van der Waals surface area contributed by atoms with Crippen molar-refractivity contribution in [2.45, 2.75) is 104 Å². The summed E-state index contributed by atoms with van der Waals surface area (Å²) in [5.41, 5.74) is 0.558. The first-order valence-corrected chi connectivity index (χ1v) is 13.4. The quantitative estimate of drug-likeness (QED) is 0.136. The molecule has 2 nitrogen and oxygen atoms in total. The second kappa shape index (κ2) is 21.6. The van der Waals surface area contributed by atoms with E-state index in [1.165, 1.54) is 77.0 Å². The number of hydrogen-bond acceptors (Lipinski definition) is 2. The van der Waals surface area contributed by atoms with Gasteiger partial charge in [-0.3, -0.25) is 4.79 Å². The van der Waals surface area contributed by atoms with Gasteiger partial charge in [0.15, 0.2) is 0 Å². The molecule has 0 aromatic heterocycles. The molecule has 0 atom stereocenters. The smallest absolute Gasteiger partial charge is 0.267 e. The van der Waals surface area contributed by atoms with Gasteiger partial charge in [-0.2, -0.15) is 0 Å². The van der Waals surface area contributed by atoms with Crippen LogP contribution in [-0.4, -0.2) is 25.0 Å². The average Bonchev–Trinajstić information content (AvgIpc) is 2.58. The zero-order valence-electron chi connectivity index (χ0n) is 18.2. The van der Waals surface area contributed by atoms with Crippen LogP contribution in [0.1, 0.15) is 104 Å². The van der Waals surface area contributed by atoms with E-state index in [1.807, 2.05) is 0 Å². The van der Waals surface area contributed by atoms with Crippen molar-refractivity contribution in [2.75, 3.05) is 19.5 Å². The maximum Gasteiger partial charge on any atom is 0.267 e. The van der Waals surface area contributed by atoms with Gasteiger partial charge >= 0.3 is 0 Å². The van der Waals surface area contributed by atoms with Crippen molar-refractivity contribution in [1.29, 1.82) is 0 Å². The summed E-state index contributed by atoms with van der Waals surface area (Å²) < 4.78 is 0. The van der Waals surface area contributed by atoms with Crippen LogP contribution in [0.25, 0.3) is 0 Å². The monoisotopic (exact) mass is 452 g/mol. The van der Waals surface area contributed by atoms with Gasteiger partial charge in [0, 0.05) is 6.42 Å². The van der Waals surface area contributed by atoms with Crippen LogP contribution in [0.4, 0.5) is 0 Å². The normalized spacial score (nSPS) is 11.2. The van der Waals surface area contributed by atoms with E-state index in [-0.39, 0.29) is 23.1 Å². The summed E-state index contributed by atoms with van der Waals surface area (Å²) in [4.78, 5) is 12.1. The summed E-state index contributed by atoms with van der Waals surface area (Å²) in [6.07, 6.45) is 23.8. The van der Waals surface area contributed by atoms with Crippen molar-refractivity contribution in [3.63, 3.8) is 0 Å². The van der Waals surface area contributed by atoms with Gasteiger partial charge < -0.3 is 6.15 Å². The third kappa shape index (κ3) is 19.1. The molecule has 3 N–H and O–H groups in total. The number of carbonyl (C=O) groups excluding carboxylic acids is 1. The molecule has 0 spiro atoms. The number of allylic oxidation sites excluding steroid dienone is 2. The first-order chi connectivity index (χ1) is 11.5. The highest BCUT2D eigenvalue weighted by Crippen LogP contribution is 2.52. The Kier molecular flexibility index (Phi) is 25.7. The van der Waals surface area contributed by atoms with E-state index in [1.54, 1.807) is 0 Å². The van der Waals surface area contributed by atoms with Crippen molar-refractivity contribution in [2.24, 2.45) is 0 Å². The summed E-state index contributed by atoms with van der Waals surface area (Å²) in [6.45, 7) is 8.81. The fourth-order valence-electron chi connectivity index (χ4n) is 2.83. The molecule has 0 rings (SSSR count). The van der Waals surface area contributed by atoms with Crippen molar-refractivity contribution in [3.8, 4) is 0 Å². The van der Waals surface area contributed by atoms with Gasteiger partial charge in [0.1, 0.15) is 0 Å². The first-order valence-electron chi connectivity index (χ1n) is 10.6. The molecule has 26 heavy (non-hydrogen) atoms. The van der Waals surface area contributed by atoms with Crippen molar-refractivity contribution < 1.29 is 4.79 Å². The van der Waals surface area contributed by atoms with E-state index >= 15 is 0 Å². The van der Waals surface area contributed by atoms with Crippen LogP contribution in [0.3, 0.4) is 0 Å². The molecule has 0 fully saturated rings. The Hall–Kier alpha value is 0.280. The predicted molar refractivity (Wildman–Crippen MR) is 129 cm³/mol. The van der Waals surface area contributed by atoms with Gasteiger partial charge in [-0.1, -0.05) is 70.4 Å². The average molecular weight is 454 g/mol. The molecule has 0 amide bonds. The zero-order valence-corrected chi connectivity index (χ0v) is 20.8. The van der Waals surface area contributed by atoms with E-state index in [0.717, 1.165) is 19.0 Å². The molecule has 0 radical (unpaired) electrons. The van der Waals surface area contributed by atoms with Crippen LogP contribution >= 0.6 is 24.2 Å². The van der Waals surface area contributed by atoms with Crippen LogP contribution in [0.2, 0.25) is 0 Å². The Morgan fingerprint density at radius 2 is 1.15 bits per heavy atom. The van der Waals surface area contributed by atoms with Gasteiger partial charge in [-0.25, -0.2) is 0 Å². The standard InChI is InChI=1S/C22H44OP.BrH.H3N/c1-5-7-8-9-10-11-12-13-14-15-16-17-18-19-20-21-22(23)24(3,4)6-2;;/h13-14H,5-12,15-21H2,1-4H3;1H;1H3/q+1;;/b14-13-;;. The largest absolute Gasteiger partial charge is 0.344 e. The van der Waals surface area contributed by atoms with Crippen molar-refractivity contribution in [1.82, 2.24) is 6.15 Å².